The molecule has 136 valence electrons. The van der Waals surface area contributed by atoms with Gasteiger partial charge in [-0.3, -0.25) is 4.79 Å². The van der Waals surface area contributed by atoms with Gasteiger partial charge in [0.15, 0.2) is 5.82 Å². The van der Waals surface area contributed by atoms with Gasteiger partial charge in [0.25, 0.3) is 5.89 Å². The molecule has 0 aliphatic rings. The zero-order valence-corrected chi connectivity index (χ0v) is 15.3. The smallest absolute Gasteiger partial charge is 0.327 e. The number of carbonyl (C=O) groups is 1. The van der Waals surface area contributed by atoms with Crippen molar-refractivity contribution < 1.29 is 14.1 Å². The molecule has 0 aliphatic heterocycles. The molecule has 27 heavy (non-hydrogen) atoms. The fourth-order valence-electron chi connectivity index (χ4n) is 2.91. The van der Waals surface area contributed by atoms with Crippen LogP contribution in [0.1, 0.15) is 23.4 Å². The Balaban J connectivity index is 1.59. The molecule has 0 spiro atoms. The first-order valence-electron chi connectivity index (χ1n) is 8.39. The van der Waals surface area contributed by atoms with E-state index < -0.39 is 12.1 Å². The molecule has 0 radical (unpaired) electrons. The van der Waals surface area contributed by atoms with E-state index in [9.17, 15) is 4.79 Å². The van der Waals surface area contributed by atoms with Crippen molar-refractivity contribution in [3.63, 3.8) is 0 Å². The van der Waals surface area contributed by atoms with Crippen LogP contribution in [0.2, 0.25) is 5.02 Å². The second-order valence-electron chi connectivity index (χ2n) is 6.11. The van der Waals surface area contributed by atoms with E-state index in [0.29, 0.717) is 10.8 Å². The predicted octanol–water partition coefficient (Wildman–Crippen LogP) is 4.32. The minimum absolute atomic E-state index is 0.0420. The second kappa shape index (κ2) is 7.25. The van der Waals surface area contributed by atoms with Gasteiger partial charge < -0.3 is 13.8 Å². The van der Waals surface area contributed by atoms with E-state index in [-0.39, 0.29) is 12.4 Å². The number of benzene rings is 2. The van der Waals surface area contributed by atoms with Crippen LogP contribution < -0.4 is 0 Å². The van der Waals surface area contributed by atoms with Gasteiger partial charge in [-0.25, -0.2) is 0 Å². The Kier molecular flexibility index (Phi) is 4.64. The summed E-state index contributed by atoms with van der Waals surface area (Å²) < 4.78 is 12.7. The standard InChI is InChI=1S/C20H16ClN3O3/c1-13-22-20(27-23-13)19(15-5-3-2-4-6-15)26-18(25)12-24-10-9-14-7-8-16(21)11-17(14)24/h2-11,19H,12H2,1H3. The van der Waals surface area contributed by atoms with Crippen LogP contribution in [0.4, 0.5) is 0 Å². The van der Waals surface area contributed by atoms with E-state index >= 15 is 0 Å². The van der Waals surface area contributed by atoms with Gasteiger partial charge in [0.1, 0.15) is 6.54 Å². The summed E-state index contributed by atoms with van der Waals surface area (Å²) in [6, 6.07) is 16.8. The maximum Gasteiger partial charge on any atom is 0.327 e. The molecule has 0 amide bonds. The number of rotatable bonds is 5. The van der Waals surface area contributed by atoms with Crippen molar-refractivity contribution in [3.8, 4) is 0 Å². The summed E-state index contributed by atoms with van der Waals surface area (Å²) >= 11 is 6.07. The topological polar surface area (TPSA) is 70.2 Å². The Hall–Kier alpha value is -3.12. The lowest BCUT2D eigenvalue weighted by Crippen LogP contribution is -2.17. The second-order valence-corrected chi connectivity index (χ2v) is 6.54. The molecule has 0 bridgehead atoms. The van der Waals surface area contributed by atoms with Crippen molar-refractivity contribution in [1.29, 1.82) is 0 Å². The molecule has 1 unspecified atom stereocenters. The molecule has 6 nitrogen and oxygen atoms in total. The number of ether oxygens (including phenoxy) is 1. The fraction of sp³-hybridized carbons (Fsp3) is 0.150. The third kappa shape index (κ3) is 3.71. The van der Waals surface area contributed by atoms with Crippen LogP contribution in [0.15, 0.2) is 65.3 Å². The minimum Gasteiger partial charge on any atom is -0.446 e. The van der Waals surface area contributed by atoms with Crippen molar-refractivity contribution in [2.75, 3.05) is 0 Å². The zero-order valence-electron chi connectivity index (χ0n) is 14.5. The molecule has 4 rings (SSSR count). The van der Waals surface area contributed by atoms with Crippen molar-refractivity contribution in [1.82, 2.24) is 14.7 Å². The van der Waals surface area contributed by atoms with E-state index in [2.05, 4.69) is 10.1 Å². The van der Waals surface area contributed by atoms with E-state index in [1.807, 2.05) is 60.8 Å². The Morgan fingerprint density at radius 1 is 1.22 bits per heavy atom. The van der Waals surface area contributed by atoms with Crippen molar-refractivity contribution >= 4 is 28.5 Å². The minimum atomic E-state index is -0.759. The SMILES string of the molecule is Cc1noc(C(OC(=O)Cn2ccc3ccc(Cl)cc32)c2ccccc2)n1. The van der Waals surface area contributed by atoms with Gasteiger partial charge in [-0.2, -0.15) is 4.98 Å². The first-order chi connectivity index (χ1) is 13.1. The Morgan fingerprint density at radius 3 is 2.78 bits per heavy atom. The normalized spacial score (nSPS) is 12.2. The van der Waals surface area contributed by atoms with E-state index in [0.717, 1.165) is 16.5 Å². The molecule has 0 fully saturated rings. The average Bonchev–Trinajstić information content (AvgIpc) is 3.27. The first-order valence-corrected chi connectivity index (χ1v) is 8.77. The number of carbonyl (C=O) groups excluding carboxylic acids is 1. The molecule has 7 heteroatoms. The summed E-state index contributed by atoms with van der Waals surface area (Å²) in [6.45, 7) is 1.76. The highest BCUT2D eigenvalue weighted by atomic mass is 35.5. The number of hydrogen-bond donors (Lipinski definition) is 0. The lowest BCUT2D eigenvalue weighted by Gasteiger charge is -2.15. The van der Waals surface area contributed by atoms with Crippen molar-refractivity contribution in [2.24, 2.45) is 0 Å². The van der Waals surface area contributed by atoms with E-state index in [4.69, 9.17) is 20.9 Å². The number of aromatic nitrogens is 3. The van der Waals surface area contributed by atoms with Crippen LogP contribution in [0.5, 0.6) is 0 Å². The molecule has 4 aromatic rings. The van der Waals surface area contributed by atoms with Crippen LogP contribution in [-0.2, 0) is 16.1 Å². The molecule has 2 aromatic heterocycles. The first kappa shape index (κ1) is 17.3. The third-order valence-electron chi connectivity index (χ3n) is 4.15. The van der Waals surface area contributed by atoms with Crippen LogP contribution in [0.25, 0.3) is 10.9 Å². The number of fused-ring (bicyclic) bond motifs is 1. The van der Waals surface area contributed by atoms with E-state index in [1.165, 1.54) is 0 Å². The highest BCUT2D eigenvalue weighted by molar-refractivity contribution is 6.31. The molecular weight excluding hydrogens is 366 g/mol. The van der Waals surface area contributed by atoms with Crippen LogP contribution in [-0.4, -0.2) is 20.7 Å². The van der Waals surface area contributed by atoms with Crippen LogP contribution >= 0.6 is 11.6 Å². The fourth-order valence-corrected chi connectivity index (χ4v) is 3.08. The third-order valence-corrected chi connectivity index (χ3v) is 4.39. The average molecular weight is 382 g/mol. The number of nitrogens with zero attached hydrogens (tertiary/aromatic N) is 3. The Bertz CT molecular complexity index is 1090. The lowest BCUT2D eigenvalue weighted by molar-refractivity contribution is -0.149. The summed E-state index contributed by atoms with van der Waals surface area (Å²) in [5, 5.41) is 5.41. The highest BCUT2D eigenvalue weighted by Crippen LogP contribution is 2.26. The maximum atomic E-state index is 12.6. The Morgan fingerprint density at radius 2 is 2.04 bits per heavy atom. The molecule has 0 saturated carbocycles. The highest BCUT2D eigenvalue weighted by Gasteiger charge is 2.25. The quantitative estimate of drug-likeness (QED) is 0.481. The molecule has 2 aromatic carbocycles. The lowest BCUT2D eigenvalue weighted by atomic mass is 10.1. The number of esters is 1. The van der Waals surface area contributed by atoms with Gasteiger partial charge in [-0.05, 0) is 30.5 Å². The summed E-state index contributed by atoms with van der Waals surface area (Å²) in [6.07, 6.45) is 1.07. The number of halogens is 1. The molecular formula is C20H16ClN3O3. The number of hydrogen-bond acceptors (Lipinski definition) is 5. The van der Waals surface area contributed by atoms with Gasteiger partial charge in [0, 0.05) is 16.8 Å². The van der Waals surface area contributed by atoms with Gasteiger partial charge in [0.05, 0.1) is 5.52 Å². The van der Waals surface area contributed by atoms with Gasteiger partial charge in [-0.15, -0.1) is 0 Å². The maximum absolute atomic E-state index is 12.6. The van der Waals surface area contributed by atoms with Gasteiger partial charge in [-0.1, -0.05) is 53.2 Å². The molecule has 0 saturated heterocycles. The summed E-state index contributed by atoms with van der Waals surface area (Å²) in [5.41, 5.74) is 1.62. The van der Waals surface area contributed by atoms with Crippen molar-refractivity contribution in [2.45, 2.75) is 19.6 Å². The molecule has 0 N–H and O–H groups in total. The van der Waals surface area contributed by atoms with Crippen LogP contribution in [0, 0.1) is 6.92 Å². The zero-order chi connectivity index (χ0) is 18.8. The van der Waals surface area contributed by atoms with E-state index in [1.54, 1.807) is 11.5 Å². The molecule has 2 heterocycles. The largest absolute Gasteiger partial charge is 0.446 e. The monoisotopic (exact) mass is 381 g/mol. The number of aryl methyl sites for hydroxylation is 1. The molecule has 0 aliphatic carbocycles. The van der Waals surface area contributed by atoms with Crippen molar-refractivity contribution in [3.05, 3.63) is 83.1 Å². The predicted molar refractivity (Wildman–Crippen MR) is 100 cm³/mol. The Labute approximate surface area is 160 Å². The van der Waals surface area contributed by atoms with Gasteiger partial charge >= 0.3 is 5.97 Å². The summed E-state index contributed by atoms with van der Waals surface area (Å²) in [7, 11) is 0. The summed E-state index contributed by atoms with van der Waals surface area (Å²) in [5.74, 6) is 0.303. The molecule has 1 atom stereocenters. The summed E-state index contributed by atoms with van der Waals surface area (Å²) in [4.78, 5) is 16.9. The van der Waals surface area contributed by atoms with Crippen LogP contribution in [0.3, 0.4) is 0 Å². The van der Waals surface area contributed by atoms with Gasteiger partial charge in [0.2, 0.25) is 6.10 Å².